The van der Waals surface area contributed by atoms with Crippen molar-refractivity contribution >= 4 is 28.5 Å². The highest BCUT2D eigenvalue weighted by Crippen LogP contribution is 2.12. The quantitative estimate of drug-likeness (QED) is 0.829. The molecule has 0 fully saturated rings. The molecule has 90 valence electrons. The summed E-state index contributed by atoms with van der Waals surface area (Å²) in [5.74, 6) is 1.02. The first-order valence-electron chi connectivity index (χ1n) is 5.36. The van der Waals surface area contributed by atoms with Gasteiger partial charge in [-0.1, -0.05) is 18.2 Å². The first kappa shape index (κ1) is 12.1. The van der Waals surface area contributed by atoms with Gasteiger partial charge >= 0.3 is 0 Å². The van der Waals surface area contributed by atoms with Crippen molar-refractivity contribution in [2.45, 2.75) is 6.04 Å². The van der Waals surface area contributed by atoms with Crippen molar-refractivity contribution in [2.75, 3.05) is 24.9 Å². The molecule has 0 radical (unpaired) electrons. The molecule has 0 aliphatic rings. The molecule has 2 rings (SSSR count). The van der Waals surface area contributed by atoms with Crippen LogP contribution in [-0.4, -0.2) is 35.6 Å². The van der Waals surface area contributed by atoms with Crippen LogP contribution in [0.3, 0.4) is 0 Å². The van der Waals surface area contributed by atoms with Gasteiger partial charge in [0.15, 0.2) is 0 Å². The molecule has 0 saturated carbocycles. The van der Waals surface area contributed by atoms with Crippen molar-refractivity contribution in [2.24, 2.45) is 0 Å². The molecule has 0 saturated heterocycles. The predicted octanol–water partition coefficient (Wildman–Crippen LogP) is 2.30. The molecule has 0 aliphatic carbocycles. The maximum absolute atomic E-state index is 5.82. The Morgan fingerprint density at radius 2 is 2.24 bits per heavy atom. The number of para-hydroxylation sites is 1. The molecule has 0 aliphatic heterocycles. The van der Waals surface area contributed by atoms with E-state index in [2.05, 4.69) is 15.3 Å². The number of alkyl halides is 1. The minimum Gasteiger partial charge on any atom is -0.383 e. The van der Waals surface area contributed by atoms with E-state index < -0.39 is 0 Å². The summed E-state index contributed by atoms with van der Waals surface area (Å²) in [5, 5.41) is 4.16. The van der Waals surface area contributed by atoms with Crippen LogP contribution in [0.15, 0.2) is 30.5 Å². The van der Waals surface area contributed by atoms with Gasteiger partial charge in [0, 0.05) is 24.6 Å². The fraction of sp³-hybridized carbons (Fsp3) is 0.333. The molecule has 1 unspecified atom stereocenters. The maximum Gasteiger partial charge on any atom is 0.223 e. The van der Waals surface area contributed by atoms with Crippen LogP contribution in [0.25, 0.3) is 10.9 Å². The lowest BCUT2D eigenvalue weighted by Crippen LogP contribution is -2.27. The molecule has 2 aromatic rings. The molecular weight excluding hydrogens is 238 g/mol. The van der Waals surface area contributed by atoms with Gasteiger partial charge in [-0.15, -0.1) is 11.6 Å². The lowest BCUT2D eigenvalue weighted by Gasteiger charge is -2.14. The number of rotatable bonds is 5. The minimum absolute atomic E-state index is 0.0165. The largest absolute Gasteiger partial charge is 0.383 e. The van der Waals surface area contributed by atoms with Gasteiger partial charge in [0.25, 0.3) is 0 Å². The molecule has 0 spiro atoms. The number of methoxy groups -OCH3 is 1. The molecule has 0 amide bonds. The third kappa shape index (κ3) is 3.05. The summed E-state index contributed by atoms with van der Waals surface area (Å²) in [4.78, 5) is 8.65. The molecule has 17 heavy (non-hydrogen) atoms. The highest BCUT2D eigenvalue weighted by atomic mass is 35.5. The Bertz CT molecular complexity index is 492. The van der Waals surface area contributed by atoms with Crippen LogP contribution in [0.5, 0.6) is 0 Å². The fourth-order valence-electron chi connectivity index (χ4n) is 1.55. The zero-order valence-corrected chi connectivity index (χ0v) is 10.3. The number of halogens is 1. The average Bonchev–Trinajstić information content (AvgIpc) is 2.38. The number of anilines is 1. The van der Waals surface area contributed by atoms with Crippen LogP contribution < -0.4 is 5.32 Å². The summed E-state index contributed by atoms with van der Waals surface area (Å²) in [6.45, 7) is 0.527. The Hall–Kier alpha value is -1.39. The summed E-state index contributed by atoms with van der Waals surface area (Å²) >= 11 is 5.82. The van der Waals surface area contributed by atoms with Gasteiger partial charge in [0.2, 0.25) is 5.95 Å². The lowest BCUT2D eigenvalue weighted by molar-refractivity contribution is 0.191. The highest BCUT2D eigenvalue weighted by Gasteiger charge is 2.08. The smallest absolute Gasteiger partial charge is 0.223 e. The second kappa shape index (κ2) is 5.80. The first-order valence-corrected chi connectivity index (χ1v) is 5.90. The third-order valence-corrected chi connectivity index (χ3v) is 2.75. The number of nitrogens with one attached hydrogen (secondary N) is 1. The van der Waals surface area contributed by atoms with Crippen LogP contribution in [0.4, 0.5) is 5.95 Å². The Balaban J connectivity index is 2.18. The summed E-state index contributed by atoms with van der Waals surface area (Å²) in [6.07, 6.45) is 1.79. The van der Waals surface area contributed by atoms with Crippen LogP contribution in [-0.2, 0) is 4.74 Å². The van der Waals surface area contributed by atoms with E-state index in [0.29, 0.717) is 18.4 Å². The van der Waals surface area contributed by atoms with Crippen molar-refractivity contribution in [3.05, 3.63) is 30.5 Å². The first-order chi connectivity index (χ1) is 8.33. The van der Waals surface area contributed by atoms with Gasteiger partial charge < -0.3 is 10.1 Å². The van der Waals surface area contributed by atoms with Crippen molar-refractivity contribution in [1.82, 2.24) is 9.97 Å². The molecule has 0 bridgehead atoms. The standard InChI is InChI=1S/C12H14ClN3O/c1-17-8-10(6-13)15-12-14-7-9-4-2-3-5-11(9)16-12/h2-5,7,10H,6,8H2,1H3,(H,14,15,16). The summed E-state index contributed by atoms with van der Waals surface area (Å²) in [6, 6.07) is 7.86. The van der Waals surface area contributed by atoms with E-state index in [1.165, 1.54) is 0 Å². The molecular formula is C12H14ClN3O. The Labute approximate surface area is 105 Å². The molecule has 1 heterocycles. The molecule has 1 N–H and O–H groups in total. The highest BCUT2D eigenvalue weighted by molar-refractivity contribution is 6.18. The van der Waals surface area contributed by atoms with E-state index in [1.807, 2.05) is 24.3 Å². The van der Waals surface area contributed by atoms with Gasteiger partial charge in [-0.3, -0.25) is 0 Å². The number of hydrogen-bond donors (Lipinski definition) is 1. The van der Waals surface area contributed by atoms with Crippen molar-refractivity contribution < 1.29 is 4.74 Å². The Kier molecular flexibility index (Phi) is 4.12. The van der Waals surface area contributed by atoms with E-state index >= 15 is 0 Å². The van der Waals surface area contributed by atoms with E-state index in [-0.39, 0.29) is 6.04 Å². The second-order valence-electron chi connectivity index (χ2n) is 3.70. The summed E-state index contributed by atoms with van der Waals surface area (Å²) in [5.41, 5.74) is 0.913. The predicted molar refractivity (Wildman–Crippen MR) is 69.5 cm³/mol. The van der Waals surface area contributed by atoms with Crippen LogP contribution in [0.2, 0.25) is 0 Å². The third-order valence-electron chi connectivity index (χ3n) is 2.38. The van der Waals surface area contributed by atoms with Gasteiger partial charge in [-0.25, -0.2) is 9.97 Å². The summed E-state index contributed by atoms with van der Waals surface area (Å²) in [7, 11) is 1.64. The molecule has 1 aromatic heterocycles. The lowest BCUT2D eigenvalue weighted by atomic mass is 10.2. The van der Waals surface area contributed by atoms with Gasteiger partial charge in [-0.05, 0) is 6.07 Å². The van der Waals surface area contributed by atoms with Gasteiger partial charge in [0.1, 0.15) is 0 Å². The fourth-order valence-corrected chi connectivity index (χ4v) is 1.72. The zero-order valence-electron chi connectivity index (χ0n) is 9.56. The number of hydrogen-bond acceptors (Lipinski definition) is 4. The van der Waals surface area contributed by atoms with Crippen LogP contribution in [0.1, 0.15) is 0 Å². The molecule has 1 aromatic carbocycles. The Morgan fingerprint density at radius 3 is 3.00 bits per heavy atom. The van der Waals surface area contributed by atoms with E-state index in [9.17, 15) is 0 Å². The van der Waals surface area contributed by atoms with Crippen molar-refractivity contribution in [1.29, 1.82) is 0 Å². The van der Waals surface area contributed by atoms with Crippen LogP contribution >= 0.6 is 11.6 Å². The number of benzene rings is 1. The van der Waals surface area contributed by atoms with Crippen molar-refractivity contribution in [3.63, 3.8) is 0 Å². The number of nitrogens with zero attached hydrogens (tertiary/aromatic N) is 2. The zero-order chi connectivity index (χ0) is 12.1. The molecule has 1 atom stereocenters. The van der Waals surface area contributed by atoms with E-state index in [1.54, 1.807) is 13.3 Å². The van der Waals surface area contributed by atoms with Gasteiger partial charge in [-0.2, -0.15) is 0 Å². The van der Waals surface area contributed by atoms with Gasteiger partial charge in [0.05, 0.1) is 18.2 Å². The monoisotopic (exact) mass is 251 g/mol. The molecule has 4 nitrogen and oxygen atoms in total. The SMILES string of the molecule is COCC(CCl)Nc1ncc2ccccc2n1. The minimum atomic E-state index is 0.0165. The van der Waals surface area contributed by atoms with Crippen molar-refractivity contribution in [3.8, 4) is 0 Å². The average molecular weight is 252 g/mol. The second-order valence-corrected chi connectivity index (χ2v) is 4.01. The molecule has 5 heteroatoms. The topological polar surface area (TPSA) is 47.0 Å². The number of fused-ring (bicyclic) bond motifs is 1. The van der Waals surface area contributed by atoms with E-state index in [4.69, 9.17) is 16.3 Å². The summed E-state index contributed by atoms with van der Waals surface area (Å²) < 4.78 is 5.05. The number of aromatic nitrogens is 2. The van der Waals surface area contributed by atoms with Crippen LogP contribution in [0, 0.1) is 0 Å². The number of ether oxygens (including phenoxy) is 1. The Morgan fingerprint density at radius 1 is 1.41 bits per heavy atom. The van der Waals surface area contributed by atoms with E-state index in [0.717, 1.165) is 10.9 Å². The normalized spacial score (nSPS) is 12.6. The maximum atomic E-state index is 5.82.